The molecule has 7 nitrogen and oxygen atoms in total. The lowest BCUT2D eigenvalue weighted by Gasteiger charge is -2.38. The van der Waals surface area contributed by atoms with Crippen LogP contribution in [0.3, 0.4) is 0 Å². The van der Waals surface area contributed by atoms with Crippen molar-refractivity contribution in [3.8, 4) is 5.75 Å². The molecule has 0 saturated carbocycles. The van der Waals surface area contributed by atoms with Gasteiger partial charge in [0, 0.05) is 12.1 Å². The molecule has 3 aromatic rings. The Hall–Kier alpha value is -3.36. The van der Waals surface area contributed by atoms with Gasteiger partial charge in [-0.05, 0) is 23.8 Å². The zero-order valence-electron chi connectivity index (χ0n) is 15.9. The van der Waals surface area contributed by atoms with Gasteiger partial charge in [0.25, 0.3) is 0 Å². The molecule has 0 aromatic heterocycles. The zero-order valence-corrected chi connectivity index (χ0v) is 16.7. The summed E-state index contributed by atoms with van der Waals surface area (Å²) in [5, 5.41) is 12.3. The number of carboxylic acid groups (broad SMARTS) is 1. The summed E-state index contributed by atoms with van der Waals surface area (Å²) in [6.07, 6.45) is -0.768. The van der Waals surface area contributed by atoms with E-state index in [9.17, 15) is 13.2 Å². The molecule has 8 heteroatoms. The average Bonchev–Trinajstić information content (AvgIpc) is 2.75. The first-order valence-corrected chi connectivity index (χ1v) is 10.8. The largest absolute Gasteiger partial charge is 0.481 e. The lowest BCUT2D eigenvalue weighted by atomic mass is 10.1. The number of hydrogen-bond acceptors (Lipinski definition) is 5. The smallest absolute Gasteiger partial charge is 0.341 e. The molecular formula is C22H20N2O5S. The summed E-state index contributed by atoms with van der Waals surface area (Å²) < 4.78 is 33.9. The Morgan fingerprint density at radius 1 is 0.967 bits per heavy atom. The van der Waals surface area contributed by atoms with Crippen molar-refractivity contribution in [3.05, 3.63) is 90.0 Å². The lowest BCUT2D eigenvalue weighted by Crippen LogP contribution is -2.42. The van der Waals surface area contributed by atoms with E-state index in [1.807, 2.05) is 30.3 Å². The molecule has 0 aliphatic carbocycles. The first-order chi connectivity index (χ1) is 14.5. The molecule has 154 valence electrons. The Labute approximate surface area is 174 Å². The van der Waals surface area contributed by atoms with Crippen LogP contribution in [-0.2, 0) is 21.4 Å². The second-order valence-electron chi connectivity index (χ2n) is 6.80. The number of fused-ring (bicyclic) bond motifs is 1. The van der Waals surface area contributed by atoms with Gasteiger partial charge in [-0.25, -0.2) is 13.2 Å². The monoisotopic (exact) mass is 424 g/mol. The highest BCUT2D eigenvalue weighted by Crippen LogP contribution is 2.41. The van der Waals surface area contributed by atoms with E-state index in [0.717, 1.165) is 5.56 Å². The number of aliphatic carboxylic acids is 1. The van der Waals surface area contributed by atoms with Crippen molar-refractivity contribution in [1.82, 2.24) is 4.31 Å². The van der Waals surface area contributed by atoms with Gasteiger partial charge < -0.3 is 15.2 Å². The van der Waals surface area contributed by atoms with Crippen LogP contribution >= 0.6 is 0 Å². The highest BCUT2D eigenvalue weighted by atomic mass is 32.2. The summed E-state index contributed by atoms with van der Waals surface area (Å²) in [5.74, 6) is -0.800. The van der Waals surface area contributed by atoms with E-state index in [2.05, 4.69) is 5.32 Å². The molecule has 1 atom stereocenters. The number of nitrogens with zero attached hydrogens (tertiary/aromatic N) is 1. The minimum atomic E-state index is -3.83. The van der Waals surface area contributed by atoms with Gasteiger partial charge in [0.15, 0.2) is 6.61 Å². The molecule has 2 N–H and O–H groups in total. The number of carbonyl (C=O) groups is 1. The van der Waals surface area contributed by atoms with Crippen molar-refractivity contribution in [2.24, 2.45) is 0 Å². The second-order valence-corrected chi connectivity index (χ2v) is 8.66. The summed E-state index contributed by atoms with van der Waals surface area (Å²) in [5.41, 5.74) is 1.85. The molecule has 0 unspecified atom stereocenters. The number of rotatable bonds is 6. The summed E-state index contributed by atoms with van der Waals surface area (Å²) in [4.78, 5) is 11.2. The molecule has 1 aliphatic heterocycles. The molecule has 0 radical (unpaired) electrons. The average molecular weight is 424 g/mol. The van der Waals surface area contributed by atoms with E-state index < -0.39 is 28.8 Å². The number of carboxylic acids is 1. The van der Waals surface area contributed by atoms with Gasteiger partial charge in [-0.3, -0.25) is 0 Å². The Morgan fingerprint density at radius 2 is 1.63 bits per heavy atom. The number of sulfonamides is 1. The van der Waals surface area contributed by atoms with Gasteiger partial charge in [0.2, 0.25) is 10.0 Å². The van der Waals surface area contributed by atoms with E-state index in [1.54, 1.807) is 48.5 Å². The van der Waals surface area contributed by atoms with Crippen LogP contribution in [0.2, 0.25) is 0 Å². The zero-order chi connectivity index (χ0) is 21.1. The van der Waals surface area contributed by atoms with E-state index in [-0.39, 0.29) is 11.4 Å². The fourth-order valence-corrected chi connectivity index (χ4v) is 5.12. The number of ether oxygens (including phenoxy) is 1. The lowest BCUT2D eigenvalue weighted by molar-refractivity contribution is -0.139. The maximum Gasteiger partial charge on any atom is 0.341 e. The molecule has 0 spiro atoms. The van der Waals surface area contributed by atoms with Gasteiger partial charge in [-0.2, -0.15) is 4.31 Å². The SMILES string of the molecule is O=C(O)COc1ccccc1[C@H]1Nc2ccccc2S(=O)(=O)N1Cc1ccccc1. The van der Waals surface area contributed by atoms with Crippen LogP contribution in [0.15, 0.2) is 83.8 Å². The maximum absolute atomic E-state index is 13.5. The number of para-hydroxylation sites is 2. The van der Waals surface area contributed by atoms with E-state index >= 15 is 0 Å². The van der Waals surface area contributed by atoms with Crippen molar-refractivity contribution in [1.29, 1.82) is 0 Å². The number of benzene rings is 3. The van der Waals surface area contributed by atoms with Crippen LogP contribution in [0.5, 0.6) is 5.75 Å². The Balaban J connectivity index is 1.82. The van der Waals surface area contributed by atoms with Crippen molar-refractivity contribution in [3.63, 3.8) is 0 Å². The molecule has 1 heterocycles. The summed E-state index contributed by atoms with van der Waals surface area (Å²) in [6, 6.07) is 22.9. The maximum atomic E-state index is 13.5. The molecule has 0 bridgehead atoms. The van der Waals surface area contributed by atoms with Crippen LogP contribution in [-0.4, -0.2) is 30.4 Å². The number of anilines is 1. The van der Waals surface area contributed by atoms with Crippen molar-refractivity contribution >= 4 is 21.7 Å². The van der Waals surface area contributed by atoms with Crippen molar-refractivity contribution < 1.29 is 23.1 Å². The third-order valence-electron chi connectivity index (χ3n) is 4.80. The van der Waals surface area contributed by atoms with Crippen molar-refractivity contribution in [2.45, 2.75) is 17.6 Å². The quantitative estimate of drug-likeness (QED) is 0.629. The van der Waals surface area contributed by atoms with Gasteiger partial charge in [0.1, 0.15) is 16.8 Å². The van der Waals surface area contributed by atoms with Crippen molar-refractivity contribution in [2.75, 3.05) is 11.9 Å². The molecule has 0 amide bonds. The molecule has 3 aromatic carbocycles. The van der Waals surface area contributed by atoms with E-state index in [0.29, 0.717) is 17.0 Å². The molecule has 4 rings (SSSR count). The summed E-state index contributed by atoms with van der Waals surface area (Å²) in [6.45, 7) is -0.381. The number of nitrogens with one attached hydrogen (secondary N) is 1. The first kappa shape index (κ1) is 19.9. The molecule has 0 fully saturated rings. The third kappa shape index (κ3) is 3.87. The molecule has 1 aliphatic rings. The van der Waals surface area contributed by atoms with Gasteiger partial charge in [0.05, 0.1) is 5.69 Å². The number of hydrogen-bond donors (Lipinski definition) is 2. The van der Waals surface area contributed by atoms with Crippen LogP contribution in [0, 0.1) is 0 Å². The topological polar surface area (TPSA) is 95.9 Å². The standard InChI is InChI=1S/C22H20N2O5S/c25-21(26)15-29-19-12-6-4-10-17(19)22-23-18-11-5-7-13-20(18)30(27,28)24(22)14-16-8-2-1-3-9-16/h1-13,22-23H,14-15H2,(H,25,26)/t22-/m0/s1. The van der Waals surface area contributed by atoms with Crippen LogP contribution in [0.25, 0.3) is 0 Å². The highest BCUT2D eigenvalue weighted by molar-refractivity contribution is 7.89. The van der Waals surface area contributed by atoms with E-state index in [4.69, 9.17) is 9.84 Å². The van der Waals surface area contributed by atoms with Crippen LogP contribution in [0.1, 0.15) is 17.3 Å². The highest BCUT2D eigenvalue weighted by Gasteiger charge is 2.39. The van der Waals surface area contributed by atoms with Gasteiger partial charge >= 0.3 is 5.97 Å². The predicted octanol–water partition coefficient (Wildman–Crippen LogP) is 3.47. The fraction of sp³-hybridized carbons (Fsp3) is 0.136. The summed E-state index contributed by atoms with van der Waals surface area (Å²) >= 11 is 0. The van der Waals surface area contributed by atoms with E-state index in [1.165, 1.54) is 4.31 Å². The first-order valence-electron chi connectivity index (χ1n) is 9.31. The van der Waals surface area contributed by atoms with Gasteiger partial charge in [-0.15, -0.1) is 0 Å². The Bertz CT molecular complexity index is 1160. The Kier molecular flexibility index (Phi) is 5.43. The normalized spacial score (nSPS) is 17.5. The third-order valence-corrected chi connectivity index (χ3v) is 6.67. The van der Waals surface area contributed by atoms with Crippen LogP contribution in [0.4, 0.5) is 5.69 Å². The van der Waals surface area contributed by atoms with Gasteiger partial charge in [-0.1, -0.05) is 60.7 Å². The predicted molar refractivity (Wildman–Crippen MR) is 112 cm³/mol. The second kappa shape index (κ2) is 8.17. The minimum Gasteiger partial charge on any atom is -0.481 e. The summed E-state index contributed by atoms with van der Waals surface area (Å²) in [7, 11) is -3.83. The molecule has 0 saturated heterocycles. The molecular weight excluding hydrogens is 404 g/mol. The Morgan fingerprint density at radius 3 is 2.40 bits per heavy atom. The molecule has 30 heavy (non-hydrogen) atoms. The fourth-order valence-electron chi connectivity index (χ4n) is 3.45. The van der Waals surface area contributed by atoms with Crippen LogP contribution < -0.4 is 10.1 Å². The minimum absolute atomic E-state index is 0.141.